The van der Waals surface area contributed by atoms with Gasteiger partial charge in [0.1, 0.15) is 0 Å². The van der Waals surface area contributed by atoms with E-state index in [1.165, 1.54) is 22.0 Å². The topological polar surface area (TPSA) is 25.2 Å². The van der Waals surface area contributed by atoms with Crippen LogP contribution in [0.25, 0.3) is 10.9 Å². The van der Waals surface area contributed by atoms with E-state index in [9.17, 15) is 4.79 Å². The van der Waals surface area contributed by atoms with E-state index < -0.39 is 0 Å². The number of fused-ring (bicyclic) bond motifs is 2. The van der Waals surface area contributed by atoms with Crippen LogP contribution in [0.2, 0.25) is 0 Å². The van der Waals surface area contributed by atoms with E-state index in [2.05, 4.69) is 77.5 Å². The molecule has 0 N–H and O–H groups in total. The van der Waals surface area contributed by atoms with E-state index in [1.54, 1.807) is 0 Å². The van der Waals surface area contributed by atoms with Crippen molar-refractivity contribution in [2.45, 2.75) is 25.8 Å². The quantitative estimate of drug-likeness (QED) is 0.477. The van der Waals surface area contributed by atoms with Gasteiger partial charge in [0.05, 0.1) is 6.42 Å². The van der Waals surface area contributed by atoms with E-state index in [0.717, 1.165) is 37.2 Å². The van der Waals surface area contributed by atoms with Gasteiger partial charge in [-0.1, -0.05) is 66.7 Å². The molecule has 3 nitrogen and oxygen atoms in total. The molecule has 0 unspecified atom stereocenters. The second-order valence-electron chi connectivity index (χ2n) is 7.74. The fraction of sp³-hybridized carbons (Fsp3) is 0.192. The zero-order chi connectivity index (χ0) is 19.6. The largest absolute Gasteiger partial charge is 0.343 e. The van der Waals surface area contributed by atoms with Gasteiger partial charge in [-0.25, -0.2) is 0 Å². The van der Waals surface area contributed by atoms with E-state index in [4.69, 9.17) is 0 Å². The standard InChI is InChI=1S/C26H24N2O/c29-26(28-16-8-12-21-11-4-6-14-24(21)28)17-22-19-27(18-20-9-2-1-3-10-20)25-15-7-5-13-23(22)25/h1-7,9-11,13-15,19H,8,12,16-18H2. The number of anilines is 1. The Labute approximate surface area is 171 Å². The lowest BCUT2D eigenvalue weighted by Crippen LogP contribution is -2.36. The second-order valence-corrected chi connectivity index (χ2v) is 7.74. The highest BCUT2D eigenvalue weighted by atomic mass is 16.2. The highest BCUT2D eigenvalue weighted by Gasteiger charge is 2.23. The van der Waals surface area contributed by atoms with E-state index >= 15 is 0 Å². The van der Waals surface area contributed by atoms with Crippen LogP contribution in [-0.2, 0) is 24.2 Å². The summed E-state index contributed by atoms with van der Waals surface area (Å²) >= 11 is 0. The minimum absolute atomic E-state index is 0.180. The number of aromatic nitrogens is 1. The predicted molar refractivity (Wildman–Crippen MR) is 118 cm³/mol. The molecule has 0 spiro atoms. The average Bonchev–Trinajstić information content (AvgIpc) is 3.11. The molecule has 3 heteroatoms. The van der Waals surface area contributed by atoms with Gasteiger partial charge >= 0.3 is 0 Å². The summed E-state index contributed by atoms with van der Waals surface area (Å²) in [6.45, 7) is 1.61. The molecule has 2 heterocycles. The second kappa shape index (κ2) is 7.59. The number of rotatable bonds is 4. The summed E-state index contributed by atoms with van der Waals surface area (Å²) in [5.41, 5.74) is 5.90. The zero-order valence-electron chi connectivity index (χ0n) is 16.4. The normalized spacial score (nSPS) is 13.4. The molecule has 3 aromatic carbocycles. The summed E-state index contributed by atoms with van der Waals surface area (Å²) < 4.78 is 2.26. The smallest absolute Gasteiger partial charge is 0.231 e. The van der Waals surface area contributed by atoms with E-state index in [1.807, 2.05) is 17.0 Å². The van der Waals surface area contributed by atoms with Gasteiger partial charge in [0.2, 0.25) is 5.91 Å². The highest BCUT2D eigenvalue weighted by molar-refractivity contribution is 5.98. The van der Waals surface area contributed by atoms with Gasteiger partial charge in [-0.15, -0.1) is 0 Å². The first-order chi connectivity index (χ1) is 14.3. The SMILES string of the molecule is O=C(Cc1cn(Cc2ccccc2)c2ccccc12)N1CCCc2ccccc21. The maximum absolute atomic E-state index is 13.3. The molecule has 0 fully saturated rings. The first-order valence-electron chi connectivity index (χ1n) is 10.3. The molecule has 0 bridgehead atoms. The van der Waals surface area contributed by atoms with Crippen molar-refractivity contribution in [1.82, 2.24) is 4.57 Å². The van der Waals surface area contributed by atoms with Crippen LogP contribution in [0.3, 0.4) is 0 Å². The van der Waals surface area contributed by atoms with Gasteiger partial charge in [-0.05, 0) is 41.7 Å². The predicted octanol–water partition coefficient (Wildman–Crippen LogP) is 5.21. The van der Waals surface area contributed by atoms with Crippen LogP contribution < -0.4 is 4.90 Å². The molecule has 1 aromatic heterocycles. The van der Waals surface area contributed by atoms with Crippen LogP contribution in [0.5, 0.6) is 0 Å². The summed E-state index contributed by atoms with van der Waals surface area (Å²) in [4.78, 5) is 15.2. The lowest BCUT2D eigenvalue weighted by molar-refractivity contribution is -0.118. The first-order valence-corrected chi connectivity index (χ1v) is 10.3. The summed E-state index contributed by atoms with van der Waals surface area (Å²) in [6.07, 6.45) is 4.66. The van der Waals surface area contributed by atoms with Gasteiger partial charge in [-0.2, -0.15) is 0 Å². The first kappa shape index (κ1) is 17.7. The molecule has 5 rings (SSSR count). The van der Waals surface area contributed by atoms with Crippen molar-refractivity contribution in [2.24, 2.45) is 0 Å². The van der Waals surface area contributed by atoms with Gasteiger partial charge in [0, 0.05) is 35.9 Å². The Balaban J connectivity index is 1.46. The number of carbonyl (C=O) groups is 1. The third-order valence-electron chi connectivity index (χ3n) is 5.82. The van der Waals surface area contributed by atoms with Gasteiger partial charge in [0.25, 0.3) is 0 Å². The van der Waals surface area contributed by atoms with Crippen molar-refractivity contribution in [3.05, 3.63) is 102 Å². The van der Waals surface area contributed by atoms with E-state index in [0.29, 0.717) is 6.42 Å². The number of nitrogens with zero attached hydrogens (tertiary/aromatic N) is 2. The third kappa shape index (κ3) is 3.44. The molecule has 144 valence electrons. The van der Waals surface area contributed by atoms with Crippen molar-refractivity contribution in [3.63, 3.8) is 0 Å². The van der Waals surface area contributed by atoms with Crippen LogP contribution in [0.4, 0.5) is 5.69 Å². The molecule has 29 heavy (non-hydrogen) atoms. The minimum Gasteiger partial charge on any atom is -0.343 e. The van der Waals surface area contributed by atoms with Crippen LogP contribution in [0, 0.1) is 0 Å². The maximum Gasteiger partial charge on any atom is 0.231 e. The van der Waals surface area contributed by atoms with Gasteiger partial charge < -0.3 is 9.47 Å². The fourth-order valence-electron chi connectivity index (χ4n) is 4.43. The molecule has 0 saturated heterocycles. The molecule has 1 aliphatic heterocycles. The molecule has 0 radical (unpaired) electrons. The summed E-state index contributed by atoms with van der Waals surface area (Å²) in [5.74, 6) is 0.180. The van der Waals surface area contributed by atoms with Crippen molar-refractivity contribution in [2.75, 3.05) is 11.4 Å². The van der Waals surface area contributed by atoms with Crippen molar-refractivity contribution in [3.8, 4) is 0 Å². The third-order valence-corrected chi connectivity index (χ3v) is 5.82. The molecule has 4 aromatic rings. The molecule has 0 saturated carbocycles. The van der Waals surface area contributed by atoms with Crippen LogP contribution >= 0.6 is 0 Å². The molecule has 1 aliphatic rings. The Morgan fingerprint density at radius 2 is 1.62 bits per heavy atom. The average molecular weight is 380 g/mol. The Bertz CT molecular complexity index is 1160. The molecular weight excluding hydrogens is 356 g/mol. The van der Waals surface area contributed by atoms with Gasteiger partial charge in [-0.3, -0.25) is 4.79 Å². The summed E-state index contributed by atoms with van der Waals surface area (Å²) in [5, 5.41) is 1.17. The number of para-hydroxylation sites is 2. The van der Waals surface area contributed by atoms with Crippen LogP contribution in [-0.4, -0.2) is 17.0 Å². The molecule has 0 aliphatic carbocycles. The van der Waals surface area contributed by atoms with Crippen molar-refractivity contribution in [1.29, 1.82) is 0 Å². The molecular formula is C26H24N2O. The summed E-state index contributed by atoms with van der Waals surface area (Å²) in [6, 6.07) is 27.2. The van der Waals surface area contributed by atoms with Crippen LogP contribution in [0.15, 0.2) is 85.1 Å². The Morgan fingerprint density at radius 1 is 0.862 bits per heavy atom. The van der Waals surface area contributed by atoms with Crippen molar-refractivity contribution >= 4 is 22.5 Å². The molecule has 0 atom stereocenters. The lowest BCUT2D eigenvalue weighted by Gasteiger charge is -2.29. The Hall–Kier alpha value is -3.33. The monoisotopic (exact) mass is 380 g/mol. The number of amides is 1. The lowest BCUT2D eigenvalue weighted by atomic mass is 10.0. The van der Waals surface area contributed by atoms with Gasteiger partial charge in [0.15, 0.2) is 0 Å². The minimum atomic E-state index is 0.180. The summed E-state index contributed by atoms with van der Waals surface area (Å²) in [7, 11) is 0. The van der Waals surface area contributed by atoms with Crippen molar-refractivity contribution < 1.29 is 4.79 Å². The number of hydrogen-bond donors (Lipinski definition) is 0. The number of hydrogen-bond acceptors (Lipinski definition) is 1. The maximum atomic E-state index is 13.3. The highest BCUT2D eigenvalue weighted by Crippen LogP contribution is 2.29. The fourth-order valence-corrected chi connectivity index (χ4v) is 4.43. The Kier molecular flexibility index (Phi) is 4.65. The van der Waals surface area contributed by atoms with Crippen LogP contribution in [0.1, 0.15) is 23.1 Å². The number of benzene rings is 3. The Morgan fingerprint density at radius 3 is 2.52 bits per heavy atom. The van der Waals surface area contributed by atoms with E-state index in [-0.39, 0.29) is 5.91 Å². The number of aryl methyl sites for hydroxylation is 1. The zero-order valence-corrected chi connectivity index (χ0v) is 16.4. The molecule has 1 amide bonds. The number of carbonyl (C=O) groups excluding carboxylic acids is 1.